The van der Waals surface area contributed by atoms with Gasteiger partial charge in [0.1, 0.15) is 11.6 Å². The predicted molar refractivity (Wildman–Crippen MR) is 121 cm³/mol. The molecular formula is C25H25FN6O. The first-order valence-electron chi connectivity index (χ1n) is 11.6. The first kappa shape index (κ1) is 20.1. The van der Waals surface area contributed by atoms with Crippen LogP contribution in [0.2, 0.25) is 0 Å². The third kappa shape index (κ3) is 3.50. The average molecular weight is 445 g/mol. The summed E-state index contributed by atoms with van der Waals surface area (Å²) in [5.41, 5.74) is 4.34. The Balaban J connectivity index is 1.24. The average Bonchev–Trinajstić information content (AvgIpc) is 3.47. The van der Waals surface area contributed by atoms with Crippen molar-refractivity contribution in [3.05, 3.63) is 77.3 Å². The van der Waals surface area contributed by atoms with Crippen LogP contribution in [0, 0.1) is 5.82 Å². The molecule has 1 fully saturated rings. The van der Waals surface area contributed by atoms with Crippen molar-refractivity contribution in [1.29, 1.82) is 0 Å². The fraction of sp³-hybridized carbons (Fsp3) is 0.360. The fourth-order valence-electron chi connectivity index (χ4n) is 5.20. The lowest BCUT2D eigenvalue weighted by Crippen LogP contribution is -2.39. The molecule has 1 saturated heterocycles. The number of hydrogen-bond donors (Lipinski definition) is 0. The number of halogens is 1. The van der Waals surface area contributed by atoms with Gasteiger partial charge in [-0.3, -0.25) is 9.20 Å². The zero-order valence-electron chi connectivity index (χ0n) is 18.3. The summed E-state index contributed by atoms with van der Waals surface area (Å²) in [4.78, 5) is 15.5. The smallest absolute Gasteiger partial charge is 0.274 e. The molecule has 1 aliphatic heterocycles. The van der Waals surface area contributed by atoms with Crippen LogP contribution in [0.25, 0.3) is 11.3 Å². The number of amides is 1. The van der Waals surface area contributed by atoms with Gasteiger partial charge in [-0.05, 0) is 74.9 Å². The van der Waals surface area contributed by atoms with Gasteiger partial charge in [0.2, 0.25) is 0 Å². The number of benzene rings is 1. The highest BCUT2D eigenvalue weighted by Gasteiger charge is 2.32. The summed E-state index contributed by atoms with van der Waals surface area (Å²) in [7, 11) is 0. The maximum atomic E-state index is 13.5. The zero-order chi connectivity index (χ0) is 22.4. The topological polar surface area (TPSA) is 68.3 Å². The van der Waals surface area contributed by atoms with Crippen LogP contribution in [-0.4, -0.2) is 48.3 Å². The number of likely N-dealkylation sites (tertiary alicyclic amines) is 1. The van der Waals surface area contributed by atoms with E-state index in [-0.39, 0.29) is 17.6 Å². The minimum atomic E-state index is -0.278. The number of piperidine rings is 1. The van der Waals surface area contributed by atoms with Crippen molar-refractivity contribution in [2.75, 3.05) is 13.1 Å². The number of carbonyl (C=O) groups is 1. The third-order valence-electron chi connectivity index (χ3n) is 6.94. The molecule has 33 heavy (non-hydrogen) atoms. The molecule has 0 bridgehead atoms. The Morgan fingerprint density at radius 3 is 2.58 bits per heavy atom. The second-order valence-corrected chi connectivity index (χ2v) is 8.92. The second-order valence-electron chi connectivity index (χ2n) is 8.92. The van der Waals surface area contributed by atoms with Gasteiger partial charge in [-0.25, -0.2) is 9.07 Å². The lowest BCUT2D eigenvalue weighted by atomic mass is 9.93. The predicted octanol–water partition coefficient (Wildman–Crippen LogP) is 3.95. The molecule has 0 spiro atoms. The number of carbonyl (C=O) groups excluding carboxylic acids is 1. The van der Waals surface area contributed by atoms with Crippen LogP contribution < -0.4 is 0 Å². The van der Waals surface area contributed by atoms with Crippen LogP contribution in [0.15, 0.2) is 48.7 Å². The maximum Gasteiger partial charge on any atom is 0.274 e. The molecule has 0 atom stereocenters. The molecule has 0 saturated carbocycles. The van der Waals surface area contributed by atoms with Gasteiger partial charge in [-0.1, -0.05) is 6.07 Å². The summed E-state index contributed by atoms with van der Waals surface area (Å²) in [5.74, 6) is 0.964. The molecule has 1 aromatic carbocycles. The summed E-state index contributed by atoms with van der Waals surface area (Å²) in [5, 5.41) is 13.4. The molecule has 6 rings (SSSR count). The lowest BCUT2D eigenvalue weighted by molar-refractivity contribution is 0.0703. The van der Waals surface area contributed by atoms with E-state index in [0.717, 1.165) is 66.9 Å². The van der Waals surface area contributed by atoms with Crippen molar-refractivity contribution < 1.29 is 9.18 Å². The molecule has 4 aromatic rings. The first-order valence-corrected chi connectivity index (χ1v) is 11.6. The van der Waals surface area contributed by atoms with Crippen LogP contribution >= 0.6 is 0 Å². The first-order chi connectivity index (χ1) is 16.2. The van der Waals surface area contributed by atoms with Crippen molar-refractivity contribution >= 4 is 11.6 Å². The Labute approximate surface area is 190 Å². The number of pyridine rings is 1. The number of hydrogen-bond acceptors (Lipinski definition) is 4. The van der Waals surface area contributed by atoms with Gasteiger partial charge in [-0.15, -0.1) is 10.2 Å². The molecule has 2 aliphatic rings. The van der Waals surface area contributed by atoms with E-state index < -0.39 is 0 Å². The third-order valence-corrected chi connectivity index (χ3v) is 6.94. The number of aromatic nitrogens is 5. The summed E-state index contributed by atoms with van der Waals surface area (Å²) in [6.07, 6.45) is 7.58. The molecule has 0 radical (unpaired) electrons. The molecule has 0 N–H and O–H groups in total. The molecule has 168 valence electrons. The quantitative estimate of drug-likeness (QED) is 0.480. The van der Waals surface area contributed by atoms with E-state index in [1.54, 1.807) is 12.1 Å². The van der Waals surface area contributed by atoms with Gasteiger partial charge >= 0.3 is 0 Å². The molecule has 1 amide bonds. The highest BCUT2D eigenvalue weighted by molar-refractivity contribution is 5.94. The highest BCUT2D eigenvalue weighted by Crippen LogP contribution is 2.31. The number of rotatable bonds is 3. The van der Waals surface area contributed by atoms with Crippen LogP contribution in [-0.2, 0) is 12.8 Å². The monoisotopic (exact) mass is 444 g/mol. The van der Waals surface area contributed by atoms with E-state index >= 15 is 0 Å². The Bertz CT molecular complexity index is 1320. The van der Waals surface area contributed by atoms with Crippen molar-refractivity contribution in [1.82, 2.24) is 29.3 Å². The Hall–Kier alpha value is -3.55. The van der Waals surface area contributed by atoms with Crippen molar-refractivity contribution in [2.24, 2.45) is 0 Å². The molecule has 8 heteroatoms. The summed E-state index contributed by atoms with van der Waals surface area (Å²) < 4.78 is 17.3. The minimum absolute atomic E-state index is 0.00133. The Morgan fingerprint density at radius 1 is 0.970 bits per heavy atom. The number of fused-ring (bicyclic) bond motifs is 2. The summed E-state index contributed by atoms with van der Waals surface area (Å²) >= 11 is 0. The van der Waals surface area contributed by atoms with Crippen molar-refractivity contribution in [3.8, 4) is 5.69 Å². The molecule has 0 unspecified atom stereocenters. The van der Waals surface area contributed by atoms with Crippen molar-refractivity contribution in [2.45, 2.75) is 44.4 Å². The maximum absolute atomic E-state index is 13.5. The molecular weight excluding hydrogens is 419 g/mol. The van der Waals surface area contributed by atoms with Gasteiger partial charge < -0.3 is 4.90 Å². The zero-order valence-corrected chi connectivity index (χ0v) is 18.3. The standard InChI is InChI=1S/C25H25FN6O/c26-18-8-10-19(11-9-18)32-21-6-2-1-5-20(21)23(29-32)25(33)30-15-12-17(13-16-30)24-28-27-22-7-3-4-14-31(22)24/h3-4,7-11,14,17H,1-2,5-6,12-13,15-16H2. The van der Waals surface area contributed by atoms with E-state index in [9.17, 15) is 9.18 Å². The van der Waals surface area contributed by atoms with Crippen LogP contribution in [0.4, 0.5) is 4.39 Å². The van der Waals surface area contributed by atoms with Crippen LogP contribution in [0.5, 0.6) is 0 Å². The summed E-state index contributed by atoms with van der Waals surface area (Å²) in [6, 6.07) is 12.2. The van der Waals surface area contributed by atoms with E-state index in [1.165, 1.54) is 12.1 Å². The molecule has 4 heterocycles. The molecule has 1 aliphatic carbocycles. The van der Waals surface area contributed by atoms with E-state index in [2.05, 4.69) is 10.2 Å². The SMILES string of the molecule is O=C(c1nn(-c2ccc(F)cc2)c2c1CCCC2)N1CCC(c2nnc3ccccn23)CC1. The van der Waals surface area contributed by atoms with Crippen LogP contribution in [0.3, 0.4) is 0 Å². The van der Waals surface area contributed by atoms with Gasteiger partial charge in [0.05, 0.1) is 5.69 Å². The second kappa shape index (κ2) is 8.10. The van der Waals surface area contributed by atoms with E-state index in [0.29, 0.717) is 18.8 Å². The largest absolute Gasteiger partial charge is 0.337 e. The van der Waals surface area contributed by atoms with Gasteiger partial charge in [0, 0.05) is 36.5 Å². The number of nitrogens with zero attached hydrogens (tertiary/aromatic N) is 6. The Morgan fingerprint density at radius 2 is 1.76 bits per heavy atom. The normalized spacial score (nSPS) is 16.8. The van der Waals surface area contributed by atoms with Gasteiger partial charge in [0.25, 0.3) is 5.91 Å². The molecule has 7 nitrogen and oxygen atoms in total. The fourth-order valence-corrected chi connectivity index (χ4v) is 5.20. The van der Waals surface area contributed by atoms with Gasteiger partial charge in [-0.2, -0.15) is 5.10 Å². The van der Waals surface area contributed by atoms with Crippen LogP contribution in [0.1, 0.15) is 59.2 Å². The van der Waals surface area contributed by atoms with Gasteiger partial charge in [0.15, 0.2) is 11.3 Å². The Kier molecular flexibility index (Phi) is 4.93. The minimum Gasteiger partial charge on any atom is -0.337 e. The lowest BCUT2D eigenvalue weighted by Gasteiger charge is -2.31. The van der Waals surface area contributed by atoms with Crippen molar-refractivity contribution in [3.63, 3.8) is 0 Å². The highest BCUT2D eigenvalue weighted by atomic mass is 19.1. The summed E-state index contributed by atoms with van der Waals surface area (Å²) in [6.45, 7) is 1.34. The molecule has 3 aromatic heterocycles. The van der Waals surface area contributed by atoms with E-state index in [4.69, 9.17) is 5.10 Å². The van der Waals surface area contributed by atoms with E-state index in [1.807, 2.05) is 38.4 Å².